The second-order valence-electron chi connectivity index (χ2n) is 3.77. The van der Waals surface area contributed by atoms with Crippen molar-refractivity contribution in [2.24, 2.45) is 5.92 Å². The molecule has 0 radical (unpaired) electrons. The fourth-order valence-corrected chi connectivity index (χ4v) is 1.41. The Hall–Kier alpha value is -2.21. The summed E-state index contributed by atoms with van der Waals surface area (Å²) in [6, 6.07) is 9.35. The summed E-state index contributed by atoms with van der Waals surface area (Å²) in [5.74, 6) is -2.05. The Balaban J connectivity index is 2.85. The molecule has 3 nitrogen and oxygen atoms in total. The van der Waals surface area contributed by atoms with Crippen molar-refractivity contribution in [3.63, 3.8) is 0 Å². The largest absolute Gasteiger partial charge is 0.406 e. The molecule has 6 heteroatoms. The molecule has 0 saturated heterocycles. The van der Waals surface area contributed by atoms with Crippen molar-refractivity contribution in [3.05, 3.63) is 29.8 Å². The molecule has 1 atom stereocenters. The highest BCUT2D eigenvalue weighted by Crippen LogP contribution is 2.27. The average Bonchev–Trinajstić information content (AvgIpc) is 2.34. The van der Waals surface area contributed by atoms with Crippen LogP contribution < -0.4 is 4.90 Å². The summed E-state index contributed by atoms with van der Waals surface area (Å²) in [6.07, 6.45) is -4.55. The van der Waals surface area contributed by atoms with Crippen LogP contribution in [0.5, 0.6) is 0 Å². The number of halogens is 3. The maximum Gasteiger partial charge on any atom is 0.406 e. The summed E-state index contributed by atoms with van der Waals surface area (Å²) in [6.45, 7) is -0.463. The fraction of sp³-hybridized carbons (Fsp3) is 0.333. The van der Waals surface area contributed by atoms with Crippen LogP contribution in [0.4, 0.5) is 18.9 Å². The number of nitriles is 2. The van der Waals surface area contributed by atoms with Gasteiger partial charge in [-0.3, -0.25) is 0 Å². The van der Waals surface area contributed by atoms with E-state index in [0.29, 0.717) is 11.3 Å². The highest BCUT2D eigenvalue weighted by Gasteiger charge is 2.40. The van der Waals surface area contributed by atoms with Crippen molar-refractivity contribution >= 4 is 5.69 Å². The number of rotatable bonds is 3. The highest BCUT2D eigenvalue weighted by atomic mass is 19.4. The van der Waals surface area contributed by atoms with Crippen LogP contribution >= 0.6 is 0 Å². The fourth-order valence-electron chi connectivity index (χ4n) is 1.41. The lowest BCUT2D eigenvalue weighted by atomic mass is 10.1. The Kier molecular flexibility index (Phi) is 4.17. The van der Waals surface area contributed by atoms with E-state index in [9.17, 15) is 13.2 Å². The summed E-state index contributed by atoms with van der Waals surface area (Å²) in [4.78, 5) is 1.31. The monoisotopic (exact) mass is 253 g/mol. The second-order valence-corrected chi connectivity index (χ2v) is 3.77. The number of hydrogen-bond acceptors (Lipinski definition) is 3. The Morgan fingerprint density at radius 1 is 1.33 bits per heavy atom. The normalized spacial score (nSPS) is 12.3. The molecule has 0 heterocycles. The zero-order chi connectivity index (χ0) is 13.8. The van der Waals surface area contributed by atoms with Gasteiger partial charge in [-0.2, -0.15) is 23.7 Å². The van der Waals surface area contributed by atoms with Gasteiger partial charge in [0.1, 0.15) is 0 Å². The molecule has 0 aromatic heterocycles. The predicted octanol–water partition coefficient (Wildman–Crippen LogP) is 2.70. The van der Waals surface area contributed by atoms with Gasteiger partial charge in [0.05, 0.1) is 17.7 Å². The zero-order valence-corrected chi connectivity index (χ0v) is 9.57. The molecular formula is C12H10F3N3. The van der Waals surface area contributed by atoms with Crippen molar-refractivity contribution in [1.82, 2.24) is 0 Å². The molecule has 0 aliphatic carbocycles. The molecule has 1 rings (SSSR count). The van der Waals surface area contributed by atoms with Gasteiger partial charge in [0, 0.05) is 19.3 Å². The Bertz CT molecular complexity index is 497. The first-order chi connectivity index (χ1) is 8.38. The second kappa shape index (κ2) is 5.42. The van der Waals surface area contributed by atoms with Gasteiger partial charge in [-0.1, -0.05) is 6.07 Å². The van der Waals surface area contributed by atoms with E-state index in [-0.39, 0.29) is 0 Å². The lowest BCUT2D eigenvalue weighted by molar-refractivity contribution is -0.156. The summed E-state index contributed by atoms with van der Waals surface area (Å²) in [5.41, 5.74) is 0.832. The highest BCUT2D eigenvalue weighted by molar-refractivity contribution is 5.51. The third-order valence-electron chi connectivity index (χ3n) is 2.42. The molecule has 0 amide bonds. The Morgan fingerprint density at radius 3 is 2.50 bits per heavy atom. The molecule has 0 aliphatic rings. The minimum absolute atomic E-state index is 0.361. The van der Waals surface area contributed by atoms with Gasteiger partial charge in [-0.05, 0) is 18.2 Å². The van der Waals surface area contributed by atoms with Gasteiger partial charge in [-0.25, -0.2) is 0 Å². The molecule has 18 heavy (non-hydrogen) atoms. The van der Waals surface area contributed by atoms with E-state index in [2.05, 4.69) is 0 Å². The maximum absolute atomic E-state index is 12.4. The van der Waals surface area contributed by atoms with Gasteiger partial charge < -0.3 is 4.90 Å². The SMILES string of the molecule is CN(CC(C#N)C(F)(F)F)c1cccc(C#N)c1. The molecule has 94 valence electrons. The topological polar surface area (TPSA) is 50.8 Å². The van der Waals surface area contributed by atoms with Crippen LogP contribution in [0.15, 0.2) is 24.3 Å². The Labute approximate surface area is 103 Å². The quantitative estimate of drug-likeness (QED) is 0.832. The van der Waals surface area contributed by atoms with Crippen molar-refractivity contribution in [1.29, 1.82) is 10.5 Å². The number of benzene rings is 1. The summed E-state index contributed by atoms with van der Waals surface area (Å²) < 4.78 is 37.3. The van der Waals surface area contributed by atoms with Crippen LogP contribution in [0.25, 0.3) is 0 Å². The van der Waals surface area contributed by atoms with Crippen molar-refractivity contribution in [3.8, 4) is 12.1 Å². The van der Waals surface area contributed by atoms with E-state index in [4.69, 9.17) is 10.5 Å². The van der Waals surface area contributed by atoms with Crippen molar-refractivity contribution < 1.29 is 13.2 Å². The number of alkyl halides is 3. The first kappa shape index (κ1) is 13.9. The van der Waals surface area contributed by atoms with E-state index < -0.39 is 18.6 Å². The molecule has 0 aliphatic heterocycles. The molecular weight excluding hydrogens is 243 g/mol. The van der Waals surface area contributed by atoms with Gasteiger partial charge >= 0.3 is 6.18 Å². The molecule has 0 saturated carbocycles. The van der Waals surface area contributed by atoms with Crippen LogP contribution in [0.3, 0.4) is 0 Å². The summed E-state index contributed by atoms with van der Waals surface area (Å²) in [5, 5.41) is 17.2. The summed E-state index contributed by atoms with van der Waals surface area (Å²) >= 11 is 0. The number of hydrogen-bond donors (Lipinski definition) is 0. The van der Waals surface area contributed by atoms with Crippen molar-refractivity contribution in [2.45, 2.75) is 6.18 Å². The maximum atomic E-state index is 12.4. The summed E-state index contributed by atoms with van der Waals surface area (Å²) in [7, 11) is 1.45. The van der Waals surface area contributed by atoms with Crippen LogP contribution in [-0.2, 0) is 0 Å². The third kappa shape index (κ3) is 3.39. The smallest absolute Gasteiger partial charge is 0.373 e. The molecule has 0 N–H and O–H groups in total. The first-order valence-corrected chi connectivity index (χ1v) is 5.06. The van der Waals surface area contributed by atoms with E-state index in [1.165, 1.54) is 24.1 Å². The van der Waals surface area contributed by atoms with E-state index in [1.54, 1.807) is 18.2 Å². The van der Waals surface area contributed by atoms with Crippen LogP contribution in [0, 0.1) is 28.6 Å². The minimum atomic E-state index is -4.55. The standard InChI is InChI=1S/C12H10F3N3/c1-18(8-10(7-17)12(13,14)15)11-4-2-3-9(5-11)6-16/h2-5,10H,8H2,1H3. The minimum Gasteiger partial charge on any atom is -0.373 e. The van der Waals surface area contributed by atoms with Gasteiger partial charge in [-0.15, -0.1) is 0 Å². The average molecular weight is 253 g/mol. The van der Waals surface area contributed by atoms with Crippen LogP contribution in [0.2, 0.25) is 0 Å². The molecule has 1 aromatic carbocycles. The van der Waals surface area contributed by atoms with E-state index in [0.717, 1.165) is 0 Å². The van der Waals surface area contributed by atoms with Gasteiger partial charge in [0.15, 0.2) is 5.92 Å². The third-order valence-corrected chi connectivity index (χ3v) is 2.42. The first-order valence-electron chi connectivity index (χ1n) is 5.06. The van der Waals surface area contributed by atoms with E-state index >= 15 is 0 Å². The van der Waals surface area contributed by atoms with Gasteiger partial charge in [0.2, 0.25) is 0 Å². The molecule has 1 unspecified atom stereocenters. The predicted molar refractivity (Wildman–Crippen MR) is 59.6 cm³/mol. The number of nitrogens with zero attached hydrogens (tertiary/aromatic N) is 3. The molecule has 0 bridgehead atoms. The van der Waals surface area contributed by atoms with Crippen molar-refractivity contribution in [2.75, 3.05) is 18.5 Å². The molecule has 1 aromatic rings. The number of anilines is 1. The van der Waals surface area contributed by atoms with Crippen LogP contribution in [0.1, 0.15) is 5.56 Å². The Morgan fingerprint density at radius 2 is 2.00 bits per heavy atom. The zero-order valence-electron chi connectivity index (χ0n) is 9.57. The van der Waals surface area contributed by atoms with Gasteiger partial charge in [0.25, 0.3) is 0 Å². The molecule has 0 fully saturated rings. The lowest BCUT2D eigenvalue weighted by Gasteiger charge is -2.23. The van der Waals surface area contributed by atoms with E-state index in [1.807, 2.05) is 6.07 Å². The van der Waals surface area contributed by atoms with Crippen LogP contribution in [-0.4, -0.2) is 19.8 Å². The molecule has 0 spiro atoms. The lowest BCUT2D eigenvalue weighted by Crippen LogP contribution is -2.33.